The van der Waals surface area contributed by atoms with Gasteiger partial charge in [-0.3, -0.25) is 14.2 Å². The van der Waals surface area contributed by atoms with Crippen molar-refractivity contribution in [3.05, 3.63) is 92.8 Å². The molecule has 172 valence electrons. The molecule has 0 aliphatic carbocycles. The molecule has 2 aromatic carbocycles. The van der Waals surface area contributed by atoms with E-state index in [1.165, 1.54) is 28.0 Å². The molecular weight excluding hydrogens is 479 g/mol. The maximum Gasteiger partial charge on any atom is 0.263 e. The number of methoxy groups -OCH3 is 1. The highest BCUT2D eigenvalue weighted by Crippen LogP contribution is 2.33. The molecule has 0 bridgehead atoms. The Kier molecular flexibility index (Phi) is 5.85. The van der Waals surface area contributed by atoms with Crippen molar-refractivity contribution < 1.29 is 13.9 Å². The molecular formula is C24H18Cl2N4O4. The lowest BCUT2D eigenvalue weighted by atomic mass is 10.0. The number of nitrogens with zero attached hydrogens (tertiary/aromatic N) is 4. The highest BCUT2D eigenvalue weighted by atomic mass is 35.5. The second kappa shape index (κ2) is 8.96. The zero-order chi connectivity index (χ0) is 23.8. The molecule has 1 aliphatic heterocycles. The molecule has 8 nitrogen and oxygen atoms in total. The van der Waals surface area contributed by atoms with E-state index in [1.807, 2.05) is 24.3 Å². The quantitative estimate of drug-likeness (QED) is 0.400. The minimum Gasteiger partial charge on any atom is -0.497 e. The van der Waals surface area contributed by atoms with Crippen molar-refractivity contribution in [2.45, 2.75) is 19.0 Å². The van der Waals surface area contributed by atoms with Crippen LogP contribution in [0.4, 0.5) is 0 Å². The summed E-state index contributed by atoms with van der Waals surface area (Å²) < 4.78 is 12.0. The van der Waals surface area contributed by atoms with Gasteiger partial charge in [0.2, 0.25) is 0 Å². The number of amides is 1. The van der Waals surface area contributed by atoms with Crippen LogP contribution in [0.25, 0.3) is 10.9 Å². The van der Waals surface area contributed by atoms with Crippen molar-refractivity contribution in [1.82, 2.24) is 14.6 Å². The number of aromatic nitrogens is 2. The summed E-state index contributed by atoms with van der Waals surface area (Å²) in [6, 6.07) is 13.6. The van der Waals surface area contributed by atoms with E-state index in [0.717, 1.165) is 17.0 Å². The molecule has 0 radical (unpaired) electrons. The van der Waals surface area contributed by atoms with Crippen LogP contribution in [-0.2, 0) is 11.3 Å². The predicted octanol–water partition coefficient (Wildman–Crippen LogP) is 4.68. The standard InChI is InChI=1S/C24H18Cl2N4O4/c1-33-16-6-4-14(5-7-16)19-11-20(21-3-2-8-34-21)30(28-19)22(31)12-29-13-27-23-17(24(29)32)9-15(25)10-18(23)26/h2-10,13,20H,11-12H2,1H3/t20-/m1/s1. The Morgan fingerprint density at radius 1 is 1.21 bits per heavy atom. The Balaban J connectivity index is 1.48. The summed E-state index contributed by atoms with van der Waals surface area (Å²) in [5.41, 5.74) is 1.49. The summed E-state index contributed by atoms with van der Waals surface area (Å²) in [7, 11) is 1.60. The van der Waals surface area contributed by atoms with Crippen molar-refractivity contribution >= 4 is 45.7 Å². The molecule has 3 heterocycles. The van der Waals surface area contributed by atoms with Crippen molar-refractivity contribution in [3.63, 3.8) is 0 Å². The molecule has 0 saturated carbocycles. The van der Waals surface area contributed by atoms with Crippen LogP contribution in [0.3, 0.4) is 0 Å². The molecule has 10 heteroatoms. The molecule has 1 atom stereocenters. The van der Waals surface area contributed by atoms with Gasteiger partial charge in [-0.05, 0) is 54.1 Å². The topological polar surface area (TPSA) is 89.9 Å². The van der Waals surface area contributed by atoms with Gasteiger partial charge < -0.3 is 9.15 Å². The fourth-order valence-electron chi connectivity index (χ4n) is 3.93. The molecule has 0 unspecified atom stereocenters. The SMILES string of the molecule is COc1ccc(C2=NN(C(=O)Cn3cnc4c(Cl)cc(Cl)cc4c3=O)[C@@H](c3ccco3)C2)cc1. The molecule has 34 heavy (non-hydrogen) atoms. The van der Waals surface area contributed by atoms with E-state index in [0.29, 0.717) is 22.7 Å². The van der Waals surface area contributed by atoms with Crippen LogP contribution in [0.15, 0.2) is 75.4 Å². The summed E-state index contributed by atoms with van der Waals surface area (Å²) in [6.45, 7) is -0.261. The van der Waals surface area contributed by atoms with Gasteiger partial charge in [0.05, 0.1) is 41.3 Å². The van der Waals surface area contributed by atoms with Crippen LogP contribution < -0.4 is 10.3 Å². The van der Waals surface area contributed by atoms with Crippen LogP contribution >= 0.6 is 23.2 Å². The van der Waals surface area contributed by atoms with Gasteiger partial charge in [-0.15, -0.1) is 0 Å². The summed E-state index contributed by atoms with van der Waals surface area (Å²) >= 11 is 12.2. The number of rotatable bonds is 5. The third kappa shape index (κ3) is 4.06. The molecule has 1 amide bonds. The highest BCUT2D eigenvalue weighted by molar-refractivity contribution is 6.38. The summed E-state index contributed by atoms with van der Waals surface area (Å²) in [4.78, 5) is 30.6. The molecule has 1 aliphatic rings. The first-order valence-corrected chi connectivity index (χ1v) is 11.1. The van der Waals surface area contributed by atoms with E-state index in [2.05, 4.69) is 10.1 Å². The van der Waals surface area contributed by atoms with E-state index >= 15 is 0 Å². The van der Waals surface area contributed by atoms with E-state index in [-0.39, 0.29) is 22.9 Å². The van der Waals surface area contributed by atoms with Gasteiger partial charge in [0.15, 0.2) is 0 Å². The number of carbonyl (C=O) groups is 1. The molecule has 2 aromatic heterocycles. The number of ether oxygens (including phenoxy) is 1. The van der Waals surface area contributed by atoms with Crippen molar-refractivity contribution in [1.29, 1.82) is 0 Å². The number of halogens is 2. The second-order valence-corrected chi connectivity index (χ2v) is 8.55. The Morgan fingerprint density at radius 2 is 2.00 bits per heavy atom. The Labute approximate surface area is 204 Å². The molecule has 0 saturated heterocycles. The van der Waals surface area contributed by atoms with Crippen LogP contribution in [0.2, 0.25) is 10.0 Å². The van der Waals surface area contributed by atoms with Crippen molar-refractivity contribution in [3.8, 4) is 5.75 Å². The minimum absolute atomic E-state index is 0.235. The maximum atomic E-state index is 13.3. The Morgan fingerprint density at radius 3 is 2.71 bits per heavy atom. The van der Waals surface area contributed by atoms with E-state index in [9.17, 15) is 9.59 Å². The first-order chi connectivity index (χ1) is 16.4. The number of furan rings is 1. The molecule has 0 N–H and O–H groups in total. The van der Waals surface area contributed by atoms with Gasteiger partial charge >= 0.3 is 0 Å². The lowest BCUT2D eigenvalue weighted by molar-refractivity contribution is -0.134. The predicted molar refractivity (Wildman–Crippen MR) is 128 cm³/mol. The number of benzene rings is 2. The third-order valence-corrected chi connectivity index (χ3v) is 6.12. The van der Waals surface area contributed by atoms with Gasteiger partial charge in [0.1, 0.15) is 24.1 Å². The van der Waals surface area contributed by atoms with Gasteiger partial charge in [0.25, 0.3) is 11.5 Å². The first-order valence-electron chi connectivity index (χ1n) is 10.4. The van der Waals surface area contributed by atoms with Crippen LogP contribution in [-0.4, -0.2) is 33.3 Å². The summed E-state index contributed by atoms with van der Waals surface area (Å²) in [6.07, 6.45) is 3.31. The van der Waals surface area contributed by atoms with Crippen molar-refractivity contribution in [2.24, 2.45) is 5.10 Å². The minimum atomic E-state index is -0.437. The fourth-order valence-corrected chi connectivity index (χ4v) is 4.47. The largest absolute Gasteiger partial charge is 0.497 e. The number of carbonyl (C=O) groups excluding carboxylic acids is 1. The average molecular weight is 497 g/mol. The molecule has 0 spiro atoms. The smallest absolute Gasteiger partial charge is 0.263 e. The molecule has 5 rings (SSSR count). The van der Waals surface area contributed by atoms with Gasteiger partial charge in [0, 0.05) is 11.4 Å². The van der Waals surface area contributed by atoms with E-state index in [1.54, 1.807) is 25.5 Å². The lowest BCUT2D eigenvalue weighted by Crippen LogP contribution is -2.34. The van der Waals surface area contributed by atoms with Crippen LogP contribution in [0, 0.1) is 0 Å². The Bertz CT molecular complexity index is 1460. The third-order valence-electron chi connectivity index (χ3n) is 5.61. The van der Waals surface area contributed by atoms with E-state index < -0.39 is 11.6 Å². The number of hydrogen-bond donors (Lipinski definition) is 0. The summed E-state index contributed by atoms with van der Waals surface area (Å²) in [5, 5.41) is 6.77. The number of hydrazone groups is 1. The molecule has 4 aromatic rings. The normalized spacial score (nSPS) is 15.6. The Hall–Kier alpha value is -3.62. The molecule has 0 fully saturated rings. The average Bonchev–Trinajstić information content (AvgIpc) is 3.51. The van der Waals surface area contributed by atoms with Crippen molar-refractivity contribution in [2.75, 3.05) is 7.11 Å². The van der Waals surface area contributed by atoms with Crippen LogP contribution in [0.5, 0.6) is 5.75 Å². The van der Waals surface area contributed by atoms with Gasteiger partial charge in [-0.2, -0.15) is 5.10 Å². The fraction of sp³-hybridized carbons (Fsp3) is 0.167. The lowest BCUT2D eigenvalue weighted by Gasteiger charge is -2.20. The maximum absolute atomic E-state index is 13.3. The second-order valence-electron chi connectivity index (χ2n) is 7.71. The van der Waals surface area contributed by atoms with E-state index in [4.69, 9.17) is 32.4 Å². The van der Waals surface area contributed by atoms with Gasteiger partial charge in [-0.1, -0.05) is 23.2 Å². The number of fused-ring (bicyclic) bond motifs is 1. The number of hydrogen-bond acceptors (Lipinski definition) is 6. The van der Waals surface area contributed by atoms with Crippen LogP contribution in [0.1, 0.15) is 23.8 Å². The monoisotopic (exact) mass is 496 g/mol. The summed E-state index contributed by atoms with van der Waals surface area (Å²) in [5.74, 6) is 0.936. The zero-order valence-corrected chi connectivity index (χ0v) is 19.5. The zero-order valence-electron chi connectivity index (χ0n) is 17.9. The van der Waals surface area contributed by atoms with Gasteiger partial charge in [-0.25, -0.2) is 9.99 Å². The first kappa shape index (κ1) is 22.2. The highest BCUT2D eigenvalue weighted by Gasteiger charge is 2.35.